The van der Waals surface area contributed by atoms with E-state index in [2.05, 4.69) is 197 Å². The molecule has 2 heterocycles. The summed E-state index contributed by atoms with van der Waals surface area (Å²) in [4.78, 5) is 0. The average Bonchev–Trinajstić information content (AvgIpc) is 3.85. The lowest BCUT2D eigenvalue weighted by Crippen LogP contribution is -2.27. The van der Waals surface area contributed by atoms with Crippen LogP contribution in [0.15, 0.2) is 194 Å². The highest BCUT2D eigenvalue weighted by Crippen LogP contribution is 2.63. The molecule has 3 aliphatic rings. The van der Waals surface area contributed by atoms with Crippen LogP contribution in [0.5, 0.6) is 0 Å². The van der Waals surface area contributed by atoms with Gasteiger partial charge in [0.2, 0.25) is 0 Å². The van der Waals surface area contributed by atoms with Crippen molar-refractivity contribution in [3.63, 3.8) is 0 Å². The van der Waals surface area contributed by atoms with Gasteiger partial charge in [-0.1, -0.05) is 164 Å². The fourth-order valence-electron chi connectivity index (χ4n) is 10.2. The van der Waals surface area contributed by atoms with Gasteiger partial charge in [-0.3, -0.25) is 0 Å². The Bertz CT molecular complexity index is 3000. The molecule has 9 aromatic rings. The van der Waals surface area contributed by atoms with E-state index in [0.29, 0.717) is 0 Å². The maximum atomic E-state index is 2.53. The van der Waals surface area contributed by atoms with Crippen LogP contribution in [-0.4, -0.2) is 9.13 Å². The van der Waals surface area contributed by atoms with Crippen molar-refractivity contribution in [3.05, 3.63) is 221 Å². The Hall–Kier alpha value is -6.64. The molecule has 2 nitrogen and oxygen atoms in total. The van der Waals surface area contributed by atoms with Crippen LogP contribution in [0.1, 0.15) is 33.9 Å². The molecule has 2 atom stereocenters. The molecule has 2 aromatic heterocycles. The summed E-state index contributed by atoms with van der Waals surface area (Å²) in [6.07, 6.45) is 9.73. The van der Waals surface area contributed by atoms with E-state index in [1.807, 2.05) is 0 Å². The highest BCUT2D eigenvalue weighted by molar-refractivity contribution is 6.09. The van der Waals surface area contributed by atoms with Crippen molar-refractivity contribution >= 4 is 49.2 Å². The molecule has 12 rings (SSSR count). The third kappa shape index (κ3) is 3.77. The van der Waals surface area contributed by atoms with Gasteiger partial charge in [-0.05, 0) is 74.4 Å². The van der Waals surface area contributed by atoms with Crippen molar-refractivity contribution in [1.82, 2.24) is 9.13 Å². The summed E-state index contributed by atoms with van der Waals surface area (Å²) in [5.41, 5.74) is 16.7. The molecule has 0 saturated carbocycles. The molecule has 0 bridgehead atoms. The first-order chi connectivity index (χ1) is 26.3. The summed E-state index contributed by atoms with van der Waals surface area (Å²) in [5.74, 6) is 0. The highest BCUT2D eigenvalue weighted by atomic mass is 15.0. The van der Waals surface area contributed by atoms with E-state index in [9.17, 15) is 0 Å². The molecule has 1 spiro atoms. The lowest BCUT2D eigenvalue weighted by Gasteiger charge is -2.32. The minimum atomic E-state index is -0.425. The zero-order chi connectivity index (χ0) is 34.7. The number of nitrogens with zero attached hydrogens (tertiary/aromatic N) is 2. The first-order valence-electron chi connectivity index (χ1n) is 18.7. The van der Waals surface area contributed by atoms with Crippen molar-refractivity contribution in [2.24, 2.45) is 0 Å². The molecule has 0 aliphatic heterocycles. The lowest BCUT2D eigenvalue weighted by molar-refractivity contribution is 0.765. The van der Waals surface area contributed by atoms with E-state index in [-0.39, 0.29) is 6.04 Å². The van der Waals surface area contributed by atoms with Crippen LogP contribution in [0.4, 0.5) is 0 Å². The van der Waals surface area contributed by atoms with Gasteiger partial charge in [-0.25, -0.2) is 0 Å². The minimum absolute atomic E-state index is 0.0624. The number of para-hydroxylation sites is 4. The molecule has 0 amide bonds. The molecule has 0 N–H and O–H groups in total. The number of rotatable bonds is 3. The van der Waals surface area contributed by atoms with Gasteiger partial charge in [0.15, 0.2) is 0 Å². The zero-order valence-electron chi connectivity index (χ0n) is 29.1. The molecule has 3 aliphatic carbocycles. The molecule has 0 fully saturated rings. The fraction of sp³-hybridized carbons (Fsp3) is 0.0588. The standard InChI is InChI=1S/C51H34N2/c1-7-19-43-35(13-1)37-29-26-34(53-49-23-11-5-17-41(49)42-18-6-12-24-50(42)53)27-30-45(37)51(43)44-20-8-2-14-36(44)38-28-25-33(31-46(38)51)32-52-47-21-9-3-15-39(47)40-16-4-10-22-48(40)52/h1-31,34H,32H2. The average molecular weight is 675 g/mol. The van der Waals surface area contributed by atoms with Gasteiger partial charge in [0.05, 0.1) is 11.5 Å². The summed E-state index contributed by atoms with van der Waals surface area (Å²) < 4.78 is 5.01. The van der Waals surface area contributed by atoms with Gasteiger partial charge >= 0.3 is 0 Å². The summed E-state index contributed by atoms with van der Waals surface area (Å²) >= 11 is 0. The van der Waals surface area contributed by atoms with Gasteiger partial charge in [0.25, 0.3) is 0 Å². The van der Waals surface area contributed by atoms with Gasteiger partial charge in [-0.2, -0.15) is 0 Å². The smallest absolute Gasteiger partial charge is 0.0725 e. The van der Waals surface area contributed by atoms with E-state index in [1.165, 1.54) is 93.7 Å². The van der Waals surface area contributed by atoms with Crippen LogP contribution in [0.25, 0.3) is 60.3 Å². The third-order valence-electron chi connectivity index (χ3n) is 12.3. The molecule has 248 valence electrons. The fourth-order valence-corrected chi connectivity index (χ4v) is 10.2. The monoisotopic (exact) mass is 674 g/mol. The van der Waals surface area contributed by atoms with Crippen molar-refractivity contribution in [2.45, 2.75) is 18.0 Å². The number of aromatic nitrogens is 2. The largest absolute Gasteiger partial charge is 0.336 e. The van der Waals surface area contributed by atoms with Crippen molar-refractivity contribution < 1.29 is 0 Å². The summed E-state index contributed by atoms with van der Waals surface area (Å²) in [5, 5.41) is 5.21. The van der Waals surface area contributed by atoms with Crippen LogP contribution in [0, 0.1) is 0 Å². The minimum Gasteiger partial charge on any atom is -0.336 e. The second kappa shape index (κ2) is 10.7. The number of hydrogen-bond acceptors (Lipinski definition) is 0. The predicted octanol–water partition coefficient (Wildman–Crippen LogP) is 12.4. The molecular weight excluding hydrogens is 641 g/mol. The lowest BCUT2D eigenvalue weighted by atomic mass is 9.69. The molecule has 2 unspecified atom stereocenters. The molecule has 0 saturated heterocycles. The number of allylic oxidation sites excluding steroid dienone is 6. The quantitative estimate of drug-likeness (QED) is 0.177. The van der Waals surface area contributed by atoms with E-state index in [4.69, 9.17) is 0 Å². The Morgan fingerprint density at radius 2 is 0.925 bits per heavy atom. The van der Waals surface area contributed by atoms with E-state index in [1.54, 1.807) is 0 Å². The maximum absolute atomic E-state index is 2.53. The normalized spacial score (nSPS) is 18.3. The molecule has 53 heavy (non-hydrogen) atoms. The highest BCUT2D eigenvalue weighted by Gasteiger charge is 2.52. The first kappa shape index (κ1) is 29.0. The third-order valence-corrected chi connectivity index (χ3v) is 12.3. The van der Waals surface area contributed by atoms with Crippen LogP contribution in [-0.2, 0) is 12.0 Å². The Balaban J connectivity index is 1.07. The van der Waals surface area contributed by atoms with E-state index >= 15 is 0 Å². The van der Waals surface area contributed by atoms with Gasteiger partial charge in [0, 0.05) is 50.2 Å². The Labute approximate surface area is 307 Å². The first-order valence-corrected chi connectivity index (χ1v) is 18.7. The Kier molecular flexibility index (Phi) is 5.85. The maximum Gasteiger partial charge on any atom is 0.0725 e. The number of fused-ring (bicyclic) bond motifs is 15. The topological polar surface area (TPSA) is 9.86 Å². The van der Waals surface area contributed by atoms with Crippen molar-refractivity contribution in [3.8, 4) is 11.1 Å². The van der Waals surface area contributed by atoms with Crippen LogP contribution < -0.4 is 0 Å². The second-order valence-corrected chi connectivity index (χ2v) is 14.8. The van der Waals surface area contributed by atoms with E-state index < -0.39 is 5.41 Å². The molecular formula is C51H34N2. The summed E-state index contributed by atoms with van der Waals surface area (Å²) in [7, 11) is 0. The number of hydrogen-bond donors (Lipinski definition) is 0. The van der Waals surface area contributed by atoms with Crippen molar-refractivity contribution in [2.75, 3.05) is 0 Å². The van der Waals surface area contributed by atoms with Gasteiger partial charge in [-0.15, -0.1) is 0 Å². The molecule has 7 aromatic carbocycles. The van der Waals surface area contributed by atoms with Crippen molar-refractivity contribution in [1.29, 1.82) is 0 Å². The summed E-state index contributed by atoms with van der Waals surface area (Å²) in [6.45, 7) is 0.798. The van der Waals surface area contributed by atoms with Crippen LogP contribution in [0.3, 0.4) is 0 Å². The Morgan fingerprint density at radius 3 is 1.58 bits per heavy atom. The van der Waals surface area contributed by atoms with Crippen LogP contribution in [0.2, 0.25) is 0 Å². The second-order valence-electron chi connectivity index (χ2n) is 14.8. The zero-order valence-corrected chi connectivity index (χ0v) is 29.1. The summed E-state index contributed by atoms with van der Waals surface area (Å²) in [6, 6.07) is 60.9. The van der Waals surface area contributed by atoms with E-state index in [0.717, 1.165) is 6.54 Å². The van der Waals surface area contributed by atoms with Gasteiger partial charge in [0.1, 0.15) is 0 Å². The predicted molar refractivity (Wildman–Crippen MR) is 220 cm³/mol. The van der Waals surface area contributed by atoms with Gasteiger partial charge < -0.3 is 9.13 Å². The van der Waals surface area contributed by atoms with Crippen LogP contribution >= 0.6 is 0 Å². The molecule has 2 heteroatoms. The number of benzene rings is 7. The Morgan fingerprint density at radius 1 is 0.434 bits per heavy atom. The SMILES string of the molecule is C1=CC(n2c3ccccc3c3ccccc32)C=CC2=C1c1ccccc1C21c2ccccc2-c2ccc(Cn3c4ccccc4c4ccccc43)cc21. The molecule has 0 radical (unpaired) electrons.